The summed E-state index contributed by atoms with van der Waals surface area (Å²) in [6.07, 6.45) is 8.76. The highest BCUT2D eigenvalue weighted by molar-refractivity contribution is 5.25. The molecule has 0 heterocycles. The van der Waals surface area contributed by atoms with E-state index in [4.69, 9.17) is 0 Å². The zero-order valence-corrected chi connectivity index (χ0v) is 14.5. The van der Waals surface area contributed by atoms with Gasteiger partial charge in [-0.05, 0) is 80.7 Å². The van der Waals surface area contributed by atoms with Crippen molar-refractivity contribution in [2.24, 2.45) is 0 Å². The Morgan fingerprint density at radius 2 is 1.54 bits per heavy atom. The molecule has 1 fully saturated rings. The van der Waals surface area contributed by atoms with Gasteiger partial charge in [0.05, 0.1) is 0 Å². The first-order chi connectivity index (χ1) is 11.8. The maximum absolute atomic E-state index is 9.29. The molecule has 0 aliphatic heterocycles. The summed E-state index contributed by atoms with van der Waals surface area (Å²) in [7, 11) is 0. The second-order valence-corrected chi connectivity index (χ2v) is 7.04. The second kappa shape index (κ2) is 8.89. The molecule has 0 atom stereocenters. The summed E-state index contributed by atoms with van der Waals surface area (Å²) in [5.74, 6) is 1.12. The fraction of sp³-hybridized carbons (Fsp3) is 0.455. The Hall–Kier alpha value is -1.80. The van der Waals surface area contributed by atoms with Gasteiger partial charge in [-0.15, -0.1) is 0 Å². The molecule has 2 aromatic rings. The number of benzene rings is 2. The number of aryl methyl sites for hydroxylation is 1. The monoisotopic (exact) mass is 323 g/mol. The van der Waals surface area contributed by atoms with Gasteiger partial charge in [-0.1, -0.05) is 42.5 Å². The lowest BCUT2D eigenvalue weighted by Crippen LogP contribution is -2.33. The summed E-state index contributed by atoms with van der Waals surface area (Å²) >= 11 is 0. The van der Waals surface area contributed by atoms with Crippen LogP contribution in [0.4, 0.5) is 0 Å². The largest absolute Gasteiger partial charge is 0.508 e. The van der Waals surface area contributed by atoms with Gasteiger partial charge >= 0.3 is 0 Å². The average Bonchev–Trinajstić information content (AvgIpc) is 2.64. The number of hydrogen-bond donors (Lipinski definition) is 2. The number of unbranched alkanes of at least 4 members (excludes halogenated alkanes) is 1. The Labute approximate surface area is 145 Å². The Morgan fingerprint density at radius 1 is 0.833 bits per heavy atom. The lowest BCUT2D eigenvalue weighted by Gasteiger charge is -2.29. The zero-order chi connectivity index (χ0) is 16.6. The van der Waals surface area contributed by atoms with Crippen molar-refractivity contribution in [2.45, 2.75) is 56.9 Å². The van der Waals surface area contributed by atoms with Crippen molar-refractivity contribution in [2.75, 3.05) is 6.54 Å². The molecule has 0 aromatic heterocycles. The lowest BCUT2D eigenvalue weighted by molar-refractivity contribution is 0.341. The van der Waals surface area contributed by atoms with E-state index in [1.807, 2.05) is 12.1 Å². The van der Waals surface area contributed by atoms with Crippen molar-refractivity contribution in [1.82, 2.24) is 5.32 Å². The van der Waals surface area contributed by atoms with Crippen LogP contribution < -0.4 is 5.32 Å². The predicted molar refractivity (Wildman–Crippen MR) is 100 cm³/mol. The maximum atomic E-state index is 9.29. The topological polar surface area (TPSA) is 32.3 Å². The molecule has 128 valence electrons. The maximum Gasteiger partial charge on any atom is 0.115 e. The third kappa shape index (κ3) is 5.10. The van der Waals surface area contributed by atoms with Crippen LogP contribution in [0.25, 0.3) is 0 Å². The van der Waals surface area contributed by atoms with E-state index >= 15 is 0 Å². The van der Waals surface area contributed by atoms with Crippen LogP contribution in [0.1, 0.15) is 55.6 Å². The van der Waals surface area contributed by atoms with Crippen LogP contribution in [0, 0.1) is 0 Å². The summed E-state index contributed by atoms with van der Waals surface area (Å²) in [6, 6.07) is 19.3. The van der Waals surface area contributed by atoms with Crippen LogP contribution in [0.2, 0.25) is 0 Å². The zero-order valence-electron chi connectivity index (χ0n) is 14.5. The number of aromatic hydroxyl groups is 1. The molecule has 2 aromatic carbocycles. The highest BCUT2D eigenvalue weighted by Crippen LogP contribution is 2.32. The molecule has 3 rings (SSSR count). The third-order valence-electron chi connectivity index (χ3n) is 5.26. The second-order valence-electron chi connectivity index (χ2n) is 7.04. The lowest BCUT2D eigenvalue weighted by atomic mass is 9.82. The van der Waals surface area contributed by atoms with E-state index in [9.17, 15) is 5.11 Å². The van der Waals surface area contributed by atoms with Gasteiger partial charge < -0.3 is 10.4 Å². The van der Waals surface area contributed by atoms with E-state index in [-0.39, 0.29) is 0 Å². The highest BCUT2D eigenvalue weighted by Gasteiger charge is 2.21. The minimum atomic E-state index is 0.353. The van der Waals surface area contributed by atoms with Gasteiger partial charge in [0.2, 0.25) is 0 Å². The van der Waals surface area contributed by atoms with Gasteiger partial charge in [-0.3, -0.25) is 0 Å². The average molecular weight is 323 g/mol. The standard InChI is InChI=1S/C22H29NO/c24-22-15-9-18(10-16-22)6-4-5-17-23-21-13-11-20(12-14-21)19-7-2-1-3-8-19/h1-3,7-10,15-16,20-21,23-24H,4-6,11-14,17H2. The van der Waals surface area contributed by atoms with Crippen molar-refractivity contribution in [3.63, 3.8) is 0 Å². The molecule has 0 saturated heterocycles. The Bertz CT molecular complexity index is 585. The fourth-order valence-electron chi connectivity index (χ4n) is 3.78. The molecule has 2 N–H and O–H groups in total. The molecule has 1 aliphatic rings. The molecular formula is C22H29NO. The number of phenols is 1. The summed E-state index contributed by atoms with van der Waals surface area (Å²) in [4.78, 5) is 0. The van der Waals surface area contributed by atoms with Crippen molar-refractivity contribution in [3.05, 3.63) is 65.7 Å². The molecule has 24 heavy (non-hydrogen) atoms. The molecule has 1 aliphatic carbocycles. The summed E-state index contributed by atoms with van der Waals surface area (Å²) in [6.45, 7) is 1.12. The van der Waals surface area contributed by atoms with Crippen LogP contribution in [0.5, 0.6) is 5.75 Å². The van der Waals surface area contributed by atoms with Gasteiger partial charge in [-0.25, -0.2) is 0 Å². The quantitative estimate of drug-likeness (QED) is 0.700. The molecule has 0 unspecified atom stereocenters. The van der Waals surface area contributed by atoms with Gasteiger partial charge in [0.25, 0.3) is 0 Å². The van der Waals surface area contributed by atoms with Crippen molar-refractivity contribution >= 4 is 0 Å². The van der Waals surface area contributed by atoms with E-state index < -0.39 is 0 Å². The number of rotatable bonds is 7. The smallest absolute Gasteiger partial charge is 0.115 e. The van der Waals surface area contributed by atoms with Gasteiger partial charge in [0, 0.05) is 6.04 Å². The van der Waals surface area contributed by atoms with E-state index in [0.29, 0.717) is 11.8 Å². The van der Waals surface area contributed by atoms with Crippen molar-refractivity contribution in [1.29, 1.82) is 0 Å². The van der Waals surface area contributed by atoms with Gasteiger partial charge in [-0.2, -0.15) is 0 Å². The SMILES string of the molecule is Oc1ccc(CCCCNC2CCC(c3ccccc3)CC2)cc1. The number of hydrogen-bond acceptors (Lipinski definition) is 2. The third-order valence-corrected chi connectivity index (χ3v) is 5.26. The highest BCUT2D eigenvalue weighted by atomic mass is 16.3. The Morgan fingerprint density at radius 3 is 2.25 bits per heavy atom. The summed E-state index contributed by atoms with van der Waals surface area (Å²) in [5, 5.41) is 13.0. The van der Waals surface area contributed by atoms with Crippen LogP contribution in [-0.2, 0) is 6.42 Å². The summed E-state index contributed by atoms with van der Waals surface area (Å²) < 4.78 is 0. The molecule has 2 nitrogen and oxygen atoms in total. The molecule has 2 heteroatoms. The van der Waals surface area contributed by atoms with E-state index in [2.05, 4.69) is 35.6 Å². The fourth-order valence-corrected chi connectivity index (χ4v) is 3.78. The van der Waals surface area contributed by atoms with Crippen molar-refractivity contribution in [3.8, 4) is 5.75 Å². The predicted octanol–water partition coefficient (Wildman–Crippen LogP) is 5.03. The van der Waals surface area contributed by atoms with E-state index in [0.717, 1.165) is 18.9 Å². The molecule has 0 spiro atoms. The van der Waals surface area contributed by atoms with E-state index in [1.165, 1.54) is 49.7 Å². The minimum absolute atomic E-state index is 0.353. The Kier molecular flexibility index (Phi) is 6.31. The first kappa shape index (κ1) is 17.0. The molecule has 0 bridgehead atoms. The first-order valence-corrected chi connectivity index (χ1v) is 9.37. The molecule has 1 saturated carbocycles. The number of nitrogens with one attached hydrogen (secondary N) is 1. The van der Waals surface area contributed by atoms with Crippen molar-refractivity contribution < 1.29 is 5.11 Å². The van der Waals surface area contributed by atoms with E-state index in [1.54, 1.807) is 12.1 Å². The van der Waals surface area contributed by atoms with Gasteiger partial charge in [0.1, 0.15) is 5.75 Å². The van der Waals surface area contributed by atoms with Crippen LogP contribution >= 0.6 is 0 Å². The molecule has 0 amide bonds. The van der Waals surface area contributed by atoms with Gasteiger partial charge in [0.15, 0.2) is 0 Å². The van der Waals surface area contributed by atoms with Crippen LogP contribution in [-0.4, -0.2) is 17.7 Å². The minimum Gasteiger partial charge on any atom is -0.508 e. The molecule has 0 radical (unpaired) electrons. The van der Waals surface area contributed by atoms with Crippen LogP contribution in [0.15, 0.2) is 54.6 Å². The van der Waals surface area contributed by atoms with Crippen LogP contribution in [0.3, 0.4) is 0 Å². The first-order valence-electron chi connectivity index (χ1n) is 9.37. The normalized spacial score (nSPS) is 20.8. The Balaban J connectivity index is 1.29. The summed E-state index contributed by atoms with van der Waals surface area (Å²) in [5.41, 5.74) is 2.83. The molecular weight excluding hydrogens is 294 g/mol. The number of phenolic OH excluding ortho intramolecular Hbond substituents is 1.